The molecule has 2 rings (SSSR count). The summed E-state index contributed by atoms with van der Waals surface area (Å²) in [6, 6.07) is 6.71. The third kappa shape index (κ3) is 4.67. The van der Waals surface area contributed by atoms with Crippen LogP contribution in [-0.4, -0.2) is 35.6 Å². The fraction of sp³-hybridized carbons (Fsp3) is 0.526. The molecule has 126 valence electrons. The number of rotatable bonds is 8. The number of benzene rings is 1. The summed E-state index contributed by atoms with van der Waals surface area (Å²) in [5, 5.41) is 4.90. The lowest BCUT2D eigenvalue weighted by Gasteiger charge is -2.21. The van der Waals surface area contributed by atoms with Crippen LogP contribution in [0.15, 0.2) is 28.9 Å². The van der Waals surface area contributed by atoms with E-state index in [4.69, 9.17) is 0 Å². The first kappa shape index (κ1) is 18.2. The minimum Gasteiger partial charge on any atom is -0.382 e. The van der Waals surface area contributed by atoms with Crippen molar-refractivity contribution in [3.8, 4) is 0 Å². The summed E-state index contributed by atoms with van der Waals surface area (Å²) in [7, 11) is 0. The van der Waals surface area contributed by atoms with Gasteiger partial charge in [0.25, 0.3) is 0 Å². The van der Waals surface area contributed by atoms with Crippen molar-refractivity contribution < 1.29 is 0 Å². The fourth-order valence-corrected chi connectivity index (χ4v) is 3.43. The average molecular weight is 378 g/mol. The SMILES string of the molecule is CCN(CC)CCCC(C)Nc1c(C)cnc2c(Br)cccc12. The Morgan fingerprint density at radius 3 is 2.70 bits per heavy atom. The smallest absolute Gasteiger partial charge is 0.0864 e. The number of hydrogen-bond acceptors (Lipinski definition) is 3. The number of nitrogens with zero attached hydrogens (tertiary/aromatic N) is 2. The fourth-order valence-electron chi connectivity index (χ4n) is 2.96. The quantitative estimate of drug-likeness (QED) is 0.682. The molecule has 0 saturated carbocycles. The van der Waals surface area contributed by atoms with Crippen LogP contribution in [0, 0.1) is 6.92 Å². The number of fused-ring (bicyclic) bond motifs is 1. The van der Waals surface area contributed by atoms with E-state index in [1.54, 1.807) is 0 Å². The van der Waals surface area contributed by atoms with Crippen molar-refractivity contribution in [2.24, 2.45) is 0 Å². The Balaban J connectivity index is 2.06. The number of nitrogens with one attached hydrogen (secondary N) is 1. The van der Waals surface area contributed by atoms with Crippen molar-refractivity contribution in [2.75, 3.05) is 25.0 Å². The van der Waals surface area contributed by atoms with Gasteiger partial charge in [-0.3, -0.25) is 4.98 Å². The lowest BCUT2D eigenvalue weighted by Crippen LogP contribution is -2.25. The predicted molar refractivity (Wildman–Crippen MR) is 104 cm³/mol. The first-order chi connectivity index (χ1) is 11.1. The van der Waals surface area contributed by atoms with Gasteiger partial charge in [-0.25, -0.2) is 0 Å². The number of pyridine rings is 1. The van der Waals surface area contributed by atoms with Gasteiger partial charge in [-0.05, 0) is 73.9 Å². The van der Waals surface area contributed by atoms with Crippen LogP contribution in [0.5, 0.6) is 0 Å². The molecule has 0 saturated heterocycles. The lowest BCUT2D eigenvalue weighted by molar-refractivity contribution is 0.295. The second-order valence-electron chi connectivity index (χ2n) is 6.17. The molecule has 4 heteroatoms. The molecule has 1 N–H and O–H groups in total. The van der Waals surface area contributed by atoms with Gasteiger partial charge < -0.3 is 10.2 Å². The summed E-state index contributed by atoms with van der Waals surface area (Å²) in [6.07, 6.45) is 4.35. The Bertz CT molecular complexity index is 638. The van der Waals surface area contributed by atoms with Crippen molar-refractivity contribution in [2.45, 2.75) is 46.6 Å². The predicted octanol–water partition coefficient (Wildman–Crippen LogP) is 5.23. The topological polar surface area (TPSA) is 28.2 Å². The highest BCUT2D eigenvalue weighted by molar-refractivity contribution is 9.10. The molecule has 0 radical (unpaired) electrons. The van der Waals surface area contributed by atoms with Crippen LogP contribution in [0.4, 0.5) is 5.69 Å². The van der Waals surface area contributed by atoms with Gasteiger partial charge >= 0.3 is 0 Å². The molecular weight excluding hydrogens is 350 g/mol. The van der Waals surface area contributed by atoms with Crippen molar-refractivity contribution >= 4 is 32.5 Å². The maximum atomic E-state index is 4.56. The Morgan fingerprint density at radius 1 is 1.26 bits per heavy atom. The standard InChI is InChI=1S/C19H28BrN3/c1-5-23(6-2)12-8-9-15(4)22-18-14(3)13-21-19-16(18)10-7-11-17(19)20/h7,10-11,13,15H,5-6,8-9,12H2,1-4H3,(H,21,22). The molecule has 0 aliphatic carbocycles. The largest absolute Gasteiger partial charge is 0.382 e. The maximum absolute atomic E-state index is 4.56. The molecule has 1 atom stereocenters. The normalized spacial score (nSPS) is 12.8. The van der Waals surface area contributed by atoms with Crippen LogP contribution in [0.25, 0.3) is 10.9 Å². The van der Waals surface area contributed by atoms with Gasteiger partial charge in [-0.15, -0.1) is 0 Å². The van der Waals surface area contributed by atoms with Gasteiger partial charge in [0.2, 0.25) is 0 Å². The molecule has 0 bridgehead atoms. The highest BCUT2D eigenvalue weighted by atomic mass is 79.9. The molecule has 3 nitrogen and oxygen atoms in total. The highest BCUT2D eigenvalue weighted by Crippen LogP contribution is 2.30. The van der Waals surface area contributed by atoms with Gasteiger partial charge in [-0.1, -0.05) is 26.0 Å². The molecule has 1 aromatic heterocycles. The Hall–Kier alpha value is -1.13. The minimum absolute atomic E-state index is 0.453. The zero-order chi connectivity index (χ0) is 16.8. The zero-order valence-corrected chi connectivity index (χ0v) is 16.3. The van der Waals surface area contributed by atoms with E-state index >= 15 is 0 Å². The van der Waals surface area contributed by atoms with Gasteiger partial charge in [0.15, 0.2) is 0 Å². The monoisotopic (exact) mass is 377 g/mol. The molecule has 1 aromatic carbocycles. The van der Waals surface area contributed by atoms with E-state index < -0.39 is 0 Å². The molecule has 1 heterocycles. The van der Waals surface area contributed by atoms with Crippen molar-refractivity contribution in [3.63, 3.8) is 0 Å². The van der Waals surface area contributed by atoms with E-state index in [9.17, 15) is 0 Å². The van der Waals surface area contributed by atoms with Gasteiger partial charge in [0, 0.05) is 27.8 Å². The summed E-state index contributed by atoms with van der Waals surface area (Å²) in [5.74, 6) is 0. The van der Waals surface area contributed by atoms with Crippen molar-refractivity contribution in [3.05, 3.63) is 34.4 Å². The Morgan fingerprint density at radius 2 is 2.00 bits per heavy atom. The first-order valence-electron chi connectivity index (χ1n) is 8.59. The number of halogens is 1. The van der Waals surface area contributed by atoms with Crippen LogP contribution in [0.3, 0.4) is 0 Å². The van der Waals surface area contributed by atoms with Crippen molar-refractivity contribution in [1.82, 2.24) is 9.88 Å². The second-order valence-corrected chi connectivity index (χ2v) is 7.02. The minimum atomic E-state index is 0.453. The zero-order valence-electron chi connectivity index (χ0n) is 14.7. The summed E-state index contributed by atoms with van der Waals surface area (Å²) in [5.41, 5.74) is 3.44. The van der Waals surface area contributed by atoms with E-state index in [2.05, 4.69) is 71.0 Å². The van der Waals surface area contributed by atoms with Gasteiger partial charge in [0.05, 0.1) is 5.52 Å². The third-order valence-corrected chi connectivity index (χ3v) is 5.07. The lowest BCUT2D eigenvalue weighted by atomic mass is 10.1. The summed E-state index contributed by atoms with van der Waals surface area (Å²) >= 11 is 3.60. The summed E-state index contributed by atoms with van der Waals surface area (Å²) in [6.45, 7) is 12.3. The first-order valence-corrected chi connectivity index (χ1v) is 9.38. The second kappa shape index (κ2) is 8.65. The van der Waals surface area contributed by atoms with Crippen molar-refractivity contribution in [1.29, 1.82) is 0 Å². The molecule has 0 aliphatic heterocycles. The van der Waals surface area contributed by atoms with Crippen LogP contribution >= 0.6 is 15.9 Å². The molecule has 2 aromatic rings. The van der Waals surface area contributed by atoms with Crippen LogP contribution in [-0.2, 0) is 0 Å². The number of aryl methyl sites for hydroxylation is 1. The Kier molecular flexibility index (Phi) is 6.85. The number of anilines is 1. The van der Waals surface area contributed by atoms with E-state index in [1.165, 1.54) is 36.0 Å². The number of para-hydroxylation sites is 1. The number of hydrogen-bond donors (Lipinski definition) is 1. The van der Waals surface area contributed by atoms with Crippen LogP contribution < -0.4 is 5.32 Å². The van der Waals surface area contributed by atoms with E-state index in [1.807, 2.05) is 12.3 Å². The molecular formula is C19H28BrN3. The van der Waals surface area contributed by atoms with Gasteiger partial charge in [0.1, 0.15) is 0 Å². The molecule has 0 amide bonds. The van der Waals surface area contributed by atoms with E-state index in [-0.39, 0.29) is 0 Å². The highest BCUT2D eigenvalue weighted by Gasteiger charge is 2.11. The van der Waals surface area contributed by atoms with E-state index in [0.29, 0.717) is 6.04 Å². The maximum Gasteiger partial charge on any atom is 0.0864 e. The third-order valence-electron chi connectivity index (χ3n) is 4.43. The van der Waals surface area contributed by atoms with Crippen LogP contribution in [0.2, 0.25) is 0 Å². The van der Waals surface area contributed by atoms with E-state index in [0.717, 1.165) is 23.1 Å². The van der Waals surface area contributed by atoms with Gasteiger partial charge in [-0.2, -0.15) is 0 Å². The molecule has 23 heavy (non-hydrogen) atoms. The number of aromatic nitrogens is 1. The van der Waals surface area contributed by atoms with Crippen LogP contribution in [0.1, 0.15) is 39.2 Å². The summed E-state index contributed by atoms with van der Waals surface area (Å²) < 4.78 is 1.05. The Labute approximate surface area is 148 Å². The summed E-state index contributed by atoms with van der Waals surface area (Å²) in [4.78, 5) is 7.05. The molecule has 0 spiro atoms. The molecule has 0 aliphatic rings. The average Bonchev–Trinajstić information content (AvgIpc) is 2.54. The molecule has 0 fully saturated rings. The molecule has 1 unspecified atom stereocenters.